The summed E-state index contributed by atoms with van der Waals surface area (Å²) in [6, 6.07) is 8.06. The van der Waals surface area contributed by atoms with Gasteiger partial charge in [-0.3, -0.25) is 4.68 Å². The second-order valence-electron chi connectivity index (χ2n) is 4.55. The van der Waals surface area contributed by atoms with E-state index in [9.17, 15) is 0 Å². The minimum Gasteiger partial charge on any atom is -0.497 e. The first-order valence-electron chi connectivity index (χ1n) is 6.37. The largest absolute Gasteiger partial charge is 0.497 e. The van der Waals surface area contributed by atoms with Gasteiger partial charge < -0.3 is 9.47 Å². The number of aromatic nitrogens is 2. The molecule has 0 aliphatic carbocycles. The predicted octanol–water partition coefficient (Wildman–Crippen LogP) is 2.44. The highest BCUT2D eigenvalue weighted by atomic mass is 16.5. The van der Waals surface area contributed by atoms with E-state index in [0.717, 1.165) is 24.4 Å². The quantitative estimate of drug-likeness (QED) is 0.800. The molecule has 1 aromatic carbocycles. The molecule has 0 unspecified atom stereocenters. The normalized spacial score (nSPS) is 10.7. The fraction of sp³-hybridized carbons (Fsp3) is 0.400. The SMILES string of the molecule is COCCc1nn(Cc2ccc(OC)cc2)cc1C. The van der Waals surface area contributed by atoms with Crippen molar-refractivity contribution in [2.45, 2.75) is 19.9 Å². The summed E-state index contributed by atoms with van der Waals surface area (Å²) in [7, 11) is 3.39. The number of nitrogens with zero attached hydrogens (tertiary/aromatic N) is 2. The van der Waals surface area contributed by atoms with Gasteiger partial charge in [0.1, 0.15) is 5.75 Å². The van der Waals surface area contributed by atoms with E-state index < -0.39 is 0 Å². The standard InChI is InChI=1S/C15H20N2O2/c1-12-10-17(16-15(12)8-9-18-2)11-13-4-6-14(19-3)7-5-13/h4-7,10H,8-9,11H2,1-3H3. The molecule has 0 atom stereocenters. The molecule has 0 fully saturated rings. The highest BCUT2D eigenvalue weighted by Gasteiger charge is 2.05. The minimum atomic E-state index is 0.709. The molecule has 2 rings (SSSR count). The van der Waals surface area contributed by atoms with Crippen LogP contribution in [0, 0.1) is 6.92 Å². The van der Waals surface area contributed by atoms with Crippen molar-refractivity contribution in [1.29, 1.82) is 0 Å². The van der Waals surface area contributed by atoms with Gasteiger partial charge in [0.25, 0.3) is 0 Å². The zero-order chi connectivity index (χ0) is 13.7. The summed E-state index contributed by atoms with van der Waals surface area (Å²) in [5, 5.41) is 4.59. The molecule has 0 aliphatic rings. The Bertz CT molecular complexity index is 517. The number of hydrogen-bond donors (Lipinski definition) is 0. The van der Waals surface area contributed by atoms with E-state index in [4.69, 9.17) is 9.47 Å². The maximum absolute atomic E-state index is 5.15. The van der Waals surface area contributed by atoms with Gasteiger partial charge >= 0.3 is 0 Å². The van der Waals surface area contributed by atoms with Crippen molar-refractivity contribution in [3.8, 4) is 5.75 Å². The molecule has 0 saturated carbocycles. The summed E-state index contributed by atoms with van der Waals surface area (Å²) in [5.41, 5.74) is 3.53. The lowest BCUT2D eigenvalue weighted by Crippen LogP contribution is -2.02. The molecule has 0 bridgehead atoms. The van der Waals surface area contributed by atoms with Gasteiger partial charge in [-0.15, -0.1) is 0 Å². The second kappa shape index (κ2) is 6.38. The average Bonchev–Trinajstić information content (AvgIpc) is 2.77. The van der Waals surface area contributed by atoms with Crippen LogP contribution in [0.25, 0.3) is 0 Å². The van der Waals surface area contributed by atoms with E-state index in [2.05, 4.69) is 30.4 Å². The van der Waals surface area contributed by atoms with Crippen molar-refractivity contribution in [1.82, 2.24) is 9.78 Å². The third kappa shape index (κ3) is 3.58. The molecule has 4 heteroatoms. The molecule has 0 spiro atoms. The molecule has 0 saturated heterocycles. The summed E-state index contributed by atoms with van der Waals surface area (Å²) >= 11 is 0. The Balaban J connectivity index is 2.05. The highest BCUT2D eigenvalue weighted by molar-refractivity contribution is 5.27. The third-order valence-electron chi connectivity index (χ3n) is 3.09. The van der Waals surface area contributed by atoms with Crippen LogP contribution < -0.4 is 4.74 Å². The Labute approximate surface area is 114 Å². The Morgan fingerprint density at radius 3 is 2.53 bits per heavy atom. The molecule has 0 amide bonds. The van der Waals surface area contributed by atoms with Gasteiger partial charge in [-0.05, 0) is 30.2 Å². The smallest absolute Gasteiger partial charge is 0.118 e. The fourth-order valence-electron chi connectivity index (χ4n) is 2.01. The van der Waals surface area contributed by atoms with E-state index in [1.54, 1.807) is 14.2 Å². The second-order valence-corrected chi connectivity index (χ2v) is 4.55. The summed E-state index contributed by atoms with van der Waals surface area (Å²) < 4.78 is 12.2. The molecule has 4 nitrogen and oxygen atoms in total. The van der Waals surface area contributed by atoms with Gasteiger partial charge in [0.05, 0.1) is 26.0 Å². The van der Waals surface area contributed by atoms with Crippen LogP contribution in [-0.4, -0.2) is 30.6 Å². The zero-order valence-electron chi connectivity index (χ0n) is 11.7. The average molecular weight is 260 g/mol. The van der Waals surface area contributed by atoms with Crippen molar-refractivity contribution >= 4 is 0 Å². The number of benzene rings is 1. The fourth-order valence-corrected chi connectivity index (χ4v) is 2.01. The van der Waals surface area contributed by atoms with Crippen LogP contribution in [0.5, 0.6) is 5.75 Å². The summed E-state index contributed by atoms with van der Waals surface area (Å²) in [6.07, 6.45) is 2.94. The van der Waals surface area contributed by atoms with Crippen molar-refractivity contribution < 1.29 is 9.47 Å². The lowest BCUT2D eigenvalue weighted by molar-refractivity contribution is 0.201. The Morgan fingerprint density at radius 1 is 1.16 bits per heavy atom. The van der Waals surface area contributed by atoms with Crippen LogP contribution in [0.2, 0.25) is 0 Å². The summed E-state index contributed by atoms with van der Waals surface area (Å²) in [4.78, 5) is 0. The zero-order valence-corrected chi connectivity index (χ0v) is 11.7. The van der Waals surface area contributed by atoms with Gasteiger partial charge in [-0.2, -0.15) is 5.10 Å². The van der Waals surface area contributed by atoms with E-state index in [0.29, 0.717) is 6.61 Å². The van der Waals surface area contributed by atoms with Gasteiger partial charge in [-0.25, -0.2) is 0 Å². The molecule has 102 valence electrons. The van der Waals surface area contributed by atoms with Crippen molar-refractivity contribution in [2.75, 3.05) is 20.8 Å². The molecular formula is C15H20N2O2. The van der Waals surface area contributed by atoms with E-state index >= 15 is 0 Å². The number of aryl methyl sites for hydroxylation is 1. The Kier molecular flexibility index (Phi) is 4.58. The van der Waals surface area contributed by atoms with Crippen molar-refractivity contribution in [3.05, 3.63) is 47.3 Å². The van der Waals surface area contributed by atoms with Crippen LogP contribution in [-0.2, 0) is 17.7 Å². The molecule has 1 aromatic heterocycles. The number of hydrogen-bond acceptors (Lipinski definition) is 3. The summed E-state index contributed by atoms with van der Waals surface area (Å²) in [5.74, 6) is 0.876. The minimum absolute atomic E-state index is 0.709. The number of methoxy groups -OCH3 is 2. The van der Waals surface area contributed by atoms with Crippen LogP contribution in [0.3, 0.4) is 0 Å². The maximum atomic E-state index is 5.15. The first kappa shape index (κ1) is 13.6. The molecule has 1 heterocycles. The van der Waals surface area contributed by atoms with E-state index in [1.807, 2.05) is 16.8 Å². The van der Waals surface area contributed by atoms with Crippen LogP contribution >= 0.6 is 0 Å². The van der Waals surface area contributed by atoms with Crippen molar-refractivity contribution in [3.63, 3.8) is 0 Å². The molecular weight excluding hydrogens is 240 g/mol. The maximum Gasteiger partial charge on any atom is 0.118 e. The van der Waals surface area contributed by atoms with Gasteiger partial charge in [0.15, 0.2) is 0 Å². The Hall–Kier alpha value is -1.81. The van der Waals surface area contributed by atoms with Gasteiger partial charge in [0, 0.05) is 19.7 Å². The highest BCUT2D eigenvalue weighted by Crippen LogP contribution is 2.13. The monoisotopic (exact) mass is 260 g/mol. The van der Waals surface area contributed by atoms with Gasteiger partial charge in [0.2, 0.25) is 0 Å². The topological polar surface area (TPSA) is 36.3 Å². The molecule has 19 heavy (non-hydrogen) atoms. The van der Waals surface area contributed by atoms with E-state index in [-0.39, 0.29) is 0 Å². The van der Waals surface area contributed by atoms with Crippen LogP contribution in [0.15, 0.2) is 30.5 Å². The first-order chi connectivity index (χ1) is 9.22. The first-order valence-corrected chi connectivity index (χ1v) is 6.37. The number of ether oxygens (including phenoxy) is 2. The predicted molar refractivity (Wildman–Crippen MR) is 74.6 cm³/mol. The Morgan fingerprint density at radius 2 is 1.89 bits per heavy atom. The lowest BCUT2D eigenvalue weighted by Gasteiger charge is -2.04. The summed E-state index contributed by atoms with van der Waals surface area (Å²) in [6.45, 7) is 3.57. The van der Waals surface area contributed by atoms with Crippen molar-refractivity contribution in [2.24, 2.45) is 0 Å². The van der Waals surface area contributed by atoms with Crippen LogP contribution in [0.4, 0.5) is 0 Å². The third-order valence-corrected chi connectivity index (χ3v) is 3.09. The molecule has 0 aliphatic heterocycles. The molecule has 0 radical (unpaired) electrons. The van der Waals surface area contributed by atoms with E-state index in [1.165, 1.54) is 11.1 Å². The van der Waals surface area contributed by atoms with Gasteiger partial charge in [-0.1, -0.05) is 12.1 Å². The molecule has 0 N–H and O–H groups in total. The van der Waals surface area contributed by atoms with Crippen LogP contribution in [0.1, 0.15) is 16.8 Å². The lowest BCUT2D eigenvalue weighted by atomic mass is 10.2. The number of rotatable bonds is 6. The molecule has 2 aromatic rings.